The fraction of sp³-hybridized carbons (Fsp3) is 0.300. The molecule has 2 N–H and O–H groups in total. The Hall–Kier alpha value is -1.75. The standard InChI is InChI=1S/C10H13N3O2/c1-12(6-11)7-3-4-8-9(5-7)15-10(14)13(8)2/h3-5H,6,11H2,1-2H3. The van der Waals surface area contributed by atoms with Gasteiger partial charge in [-0.1, -0.05) is 0 Å². The van der Waals surface area contributed by atoms with Crippen LogP contribution in [0.1, 0.15) is 0 Å². The van der Waals surface area contributed by atoms with E-state index in [9.17, 15) is 4.79 Å². The summed E-state index contributed by atoms with van der Waals surface area (Å²) in [6.45, 7) is 0.419. The van der Waals surface area contributed by atoms with Crippen LogP contribution in [0.5, 0.6) is 0 Å². The number of aromatic nitrogens is 1. The average Bonchev–Trinajstić information content (AvgIpc) is 2.53. The fourth-order valence-electron chi connectivity index (χ4n) is 1.47. The third kappa shape index (κ3) is 1.50. The molecule has 5 nitrogen and oxygen atoms in total. The minimum Gasteiger partial charge on any atom is -0.408 e. The maximum Gasteiger partial charge on any atom is 0.419 e. The lowest BCUT2D eigenvalue weighted by Crippen LogP contribution is -2.24. The molecule has 1 aromatic carbocycles. The van der Waals surface area contributed by atoms with E-state index in [1.165, 1.54) is 4.57 Å². The summed E-state index contributed by atoms with van der Waals surface area (Å²) >= 11 is 0. The summed E-state index contributed by atoms with van der Waals surface area (Å²) in [5, 5.41) is 0. The Morgan fingerprint density at radius 2 is 2.27 bits per heavy atom. The summed E-state index contributed by atoms with van der Waals surface area (Å²) in [6.07, 6.45) is 0. The quantitative estimate of drug-likeness (QED) is 0.728. The number of oxazole rings is 1. The minimum absolute atomic E-state index is 0.349. The summed E-state index contributed by atoms with van der Waals surface area (Å²) < 4.78 is 6.55. The monoisotopic (exact) mass is 207 g/mol. The largest absolute Gasteiger partial charge is 0.419 e. The summed E-state index contributed by atoms with van der Waals surface area (Å²) in [5.41, 5.74) is 7.81. The maximum atomic E-state index is 11.2. The van der Waals surface area contributed by atoms with E-state index in [4.69, 9.17) is 10.2 Å². The summed E-state index contributed by atoms with van der Waals surface area (Å²) in [5.74, 6) is -0.349. The molecular formula is C10H13N3O2. The van der Waals surface area contributed by atoms with E-state index < -0.39 is 0 Å². The molecule has 5 heteroatoms. The van der Waals surface area contributed by atoms with E-state index in [0.717, 1.165) is 11.2 Å². The zero-order valence-corrected chi connectivity index (χ0v) is 8.73. The van der Waals surface area contributed by atoms with Crippen molar-refractivity contribution in [3.05, 3.63) is 28.7 Å². The van der Waals surface area contributed by atoms with Crippen LogP contribution in [0.2, 0.25) is 0 Å². The van der Waals surface area contributed by atoms with Crippen molar-refractivity contribution in [3.63, 3.8) is 0 Å². The van der Waals surface area contributed by atoms with Crippen molar-refractivity contribution in [2.75, 3.05) is 18.6 Å². The summed E-state index contributed by atoms with van der Waals surface area (Å²) in [4.78, 5) is 13.1. The topological polar surface area (TPSA) is 64.4 Å². The van der Waals surface area contributed by atoms with Crippen molar-refractivity contribution in [1.82, 2.24) is 4.57 Å². The first-order valence-electron chi connectivity index (χ1n) is 4.64. The van der Waals surface area contributed by atoms with Crippen LogP contribution in [0.25, 0.3) is 11.1 Å². The van der Waals surface area contributed by atoms with E-state index in [-0.39, 0.29) is 5.76 Å². The Balaban J connectivity index is 2.62. The zero-order valence-electron chi connectivity index (χ0n) is 8.73. The van der Waals surface area contributed by atoms with Crippen molar-refractivity contribution >= 4 is 16.8 Å². The lowest BCUT2D eigenvalue weighted by molar-refractivity contribution is 0.528. The molecule has 15 heavy (non-hydrogen) atoms. The normalized spacial score (nSPS) is 10.9. The number of benzene rings is 1. The molecule has 0 bridgehead atoms. The van der Waals surface area contributed by atoms with Crippen LogP contribution < -0.4 is 16.4 Å². The predicted octanol–water partition coefficient (Wildman–Crippen LogP) is 0.484. The Morgan fingerprint density at radius 1 is 1.53 bits per heavy atom. The van der Waals surface area contributed by atoms with Gasteiger partial charge in [0.05, 0.1) is 12.2 Å². The molecule has 80 valence electrons. The van der Waals surface area contributed by atoms with E-state index in [0.29, 0.717) is 12.3 Å². The van der Waals surface area contributed by atoms with Crippen molar-refractivity contribution in [1.29, 1.82) is 0 Å². The second-order valence-corrected chi connectivity index (χ2v) is 3.46. The molecule has 2 rings (SSSR count). The second-order valence-electron chi connectivity index (χ2n) is 3.46. The third-order valence-corrected chi connectivity index (χ3v) is 2.49. The van der Waals surface area contributed by atoms with Crippen LogP contribution in [0.3, 0.4) is 0 Å². The molecular weight excluding hydrogens is 194 g/mol. The molecule has 0 atom stereocenters. The van der Waals surface area contributed by atoms with Gasteiger partial charge >= 0.3 is 5.76 Å². The van der Waals surface area contributed by atoms with Crippen LogP contribution in [0, 0.1) is 0 Å². The zero-order chi connectivity index (χ0) is 11.0. The predicted molar refractivity (Wildman–Crippen MR) is 58.9 cm³/mol. The fourth-order valence-corrected chi connectivity index (χ4v) is 1.47. The number of nitrogens with two attached hydrogens (primary N) is 1. The van der Waals surface area contributed by atoms with Gasteiger partial charge < -0.3 is 15.1 Å². The van der Waals surface area contributed by atoms with E-state index >= 15 is 0 Å². The molecule has 0 fully saturated rings. The van der Waals surface area contributed by atoms with Crippen molar-refractivity contribution in [2.45, 2.75) is 0 Å². The average molecular weight is 207 g/mol. The van der Waals surface area contributed by atoms with E-state index in [1.807, 2.05) is 30.1 Å². The van der Waals surface area contributed by atoms with Gasteiger partial charge in [-0.15, -0.1) is 0 Å². The molecule has 0 radical (unpaired) electrons. The van der Waals surface area contributed by atoms with E-state index in [2.05, 4.69) is 0 Å². The van der Waals surface area contributed by atoms with E-state index in [1.54, 1.807) is 7.05 Å². The maximum absolute atomic E-state index is 11.2. The van der Waals surface area contributed by atoms with Gasteiger partial charge in [0.25, 0.3) is 0 Å². The molecule has 0 aliphatic heterocycles. The van der Waals surface area contributed by atoms with Crippen LogP contribution in [-0.4, -0.2) is 18.3 Å². The highest BCUT2D eigenvalue weighted by molar-refractivity contribution is 5.77. The Labute approximate surface area is 86.7 Å². The first-order valence-corrected chi connectivity index (χ1v) is 4.64. The first kappa shape index (κ1) is 9.79. The molecule has 0 amide bonds. The lowest BCUT2D eigenvalue weighted by Gasteiger charge is -2.15. The molecule has 0 saturated carbocycles. The van der Waals surface area contributed by atoms with Crippen molar-refractivity contribution < 1.29 is 4.42 Å². The van der Waals surface area contributed by atoms with Gasteiger partial charge in [-0.25, -0.2) is 4.79 Å². The number of hydrogen-bond acceptors (Lipinski definition) is 4. The van der Waals surface area contributed by atoms with Crippen LogP contribution in [-0.2, 0) is 7.05 Å². The highest BCUT2D eigenvalue weighted by Crippen LogP contribution is 2.19. The van der Waals surface area contributed by atoms with Gasteiger partial charge in [0.2, 0.25) is 0 Å². The third-order valence-electron chi connectivity index (χ3n) is 2.49. The SMILES string of the molecule is CN(CN)c1ccc2c(c1)oc(=O)n2C. The Bertz CT molecular complexity index is 541. The van der Waals surface area contributed by atoms with Gasteiger partial charge in [0.15, 0.2) is 5.58 Å². The number of hydrogen-bond donors (Lipinski definition) is 1. The Kier molecular flexibility index (Phi) is 2.24. The van der Waals surface area contributed by atoms with Gasteiger partial charge in [-0.2, -0.15) is 0 Å². The highest BCUT2D eigenvalue weighted by Gasteiger charge is 2.07. The van der Waals surface area contributed by atoms with Crippen LogP contribution in [0.4, 0.5) is 5.69 Å². The number of aryl methyl sites for hydroxylation is 1. The van der Waals surface area contributed by atoms with Gasteiger partial charge in [-0.05, 0) is 12.1 Å². The molecule has 0 aliphatic rings. The summed E-state index contributed by atoms with van der Waals surface area (Å²) in [7, 11) is 3.56. The van der Waals surface area contributed by atoms with Gasteiger partial charge in [0, 0.05) is 25.8 Å². The number of anilines is 1. The molecule has 1 heterocycles. The van der Waals surface area contributed by atoms with Gasteiger partial charge in [0.1, 0.15) is 0 Å². The molecule has 0 unspecified atom stereocenters. The number of rotatable bonds is 2. The van der Waals surface area contributed by atoms with Crippen LogP contribution >= 0.6 is 0 Å². The second kappa shape index (κ2) is 3.43. The minimum atomic E-state index is -0.349. The molecule has 0 saturated heterocycles. The summed E-state index contributed by atoms with van der Waals surface area (Å²) in [6, 6.07) is 5.56. The molecule has 1 aromatic heterocycles. The van der Waals surface area contributed by atoms with Crippen molar-refractivity contribution in [2.24, 2.45) is 12.8 Å². The lowest BCUT2D eigenvalue weighted by atomic mass is 10.2. The molecule has 0 spiro atoms. The molecule has 2 aromatic rings. The molecule has 0 aliphatic carbocycles. The van der Waals surface area contributed by atoms with Gasteiger partial charge in [-0.3, -0.25) is 4.57 Å². The van der Waals surface area contributed by atoms with Crippen molar-refractivity contribution in [3.8, 4) is 0 Å². The Morgan fingerprint density at radius 3 is 2.93 bits per heavy atom. The van der Waals surface area contributed by atoms with Crippen LogP contribution in [0.15, 0.2) is 27.4 Å². The number of nitrogens with zero attached hydrogens (tertiary/aromatic N) is 2. The first-order chi connectivity index (χ1) is 7.13. The highest BCUT2D eigenvalue weighted by atomic mass is 16.4. The number of fused-ring (bicyclic) bond motifs is 1. The smallest absolute Gasteiger partial charge is 0.408 e.